The largest absolute Gasteiger partial charge is 0.495 e. The Labute approximate surface area is 182 Å². The van der Waals surface area contributed by atoms with Crippen LogP contribution in [0.2, 0.25) is 0 Å². The van der Waals surface area contributed by atoms with E-state index in [1.165, 1.54) is 19.3 Å². The zero-order valence-corrected chi connectivity index (χ0v) is 17.9. The number of aryl methyl sites for hydroxylation is 1. The topological polar surface area (TPSA) is 84.6 Å². The summed E-state index contributed by atoms with van der Waals surface area (Å²) in [6.07, 6.45) is 9.50. The van der Waals surface area contributed by atoms with Crippen LogP contribution in [0.4, 0.5) is 5.69 Å². The first-order valence-corrected chi connectivity index (χ1v) is 10.7. The molecule has 1 fully saturated rings. The minimum atomic E-state index is -0.919. The molecule has 2 N–H and O–H groups in total. The molecular weight excluding hydrogens is 392 g/mol. The lowest BCUT2D eigenvalue weighted by atomic mass is 9.81. The molecule has 1 aliphatic rings. The van der Waals surface area contributed by atoms with E-state index in [0.29, 0.717) is 11.7 Å². The van der Waals surface area contributed by atoms with Gasteiger partial charge in [0.05, 0.1) is 24.9 Å². The Morgan fingerprint density at radius 2 is 1.90 bits per heavy atom. The second-order valence-electron chi connectivity index (χ2n) is 8.14. The summed E-state index contributed by atoms with van der Waals surface area (Å²) >= 11 is 0. The summed E-state index contributed by atoms with van der Waals surface area (Å²) in [5.74, 6) is 1.90. The Balaban J connectivity index is 1.66. The highest BCUT2D eigenvalue weighted by atomic mass is 16.5. The summed E-state index contributed by atoms with van der Waals surface area (Å²) in [5, 5.41) is 12.8. The molecule has 31 heavy (non-hydrogen) atoms. The first-order chi connectivity index (χ1) is 15.0. The third-order valence-electron chi connectivity index (χ3n) is 6.10. The monoisotopic (exact) mass is 420 g/mol. The van der Waals surface area contributed by atoms with Crippen LogP contribution in [-0.2, 0) is 0 Å². The lowest BCUT2D eigenvalue weighted by molar-refractivity contribution is 0.0697. The molecule has 1 atom stereocenters. The van der Waals surface area contributed by atoms with E-state index in [-0.39, 0.29) is 11.6 Å². The van der Waals surface area contributed by atoms with Crippen molar-refractivity contribution in [2.75, 3.05) is 12.4 Å². The van der Waals surface area contributed by atoms with Crippen LogP contribution in [0.1, 0.15) is 59.8 Å². The van der Waals surface area contributed by atoms with Crippen LogP contribution in [0, 0.1) is 12.8 Å². The number of hydrogen-bond donors (Lipinski definition) is 2. The number of pyridine rings is 1. The van der Waals surface area contributed by atoms with Crippen LogP contribution >= 0.6 is 0 Å². The van der Waals surface area contributed by atoms with Crippen molar-refractivity contribution in [2.24, 2.45) is 5.92 Å². The van der Waals surface area contributed by atoms with Gasteiger partial charge in [-0.25, -0.2) is 4.79 Å². The molecule has 0 aliphatic heterocycles. The van der Waals surface area contributed by atoms with E-state index >= 15 is 0 Å². The predicted octanol–water partition coefficient (Wildman–Crippen LogP) is 6.09. The molecule has 0 spiro atoms. The van der Waals surface area contributed by atoms with Crippen LogP contribution < -0.4 is 10.1 Å². The second-order valence-corrected chi connectivity index (χ2v) is 8.14. The molecule has 162 valence electrons. The minimum absolute atomic E-state index is 0.0899. The maximum absolute atomic E-state index is 11.2. The van der Waals surface area contributed by atoms with Crippen molar-refractivity contribution in [3.05, 3.63) is 65.7 Å². The zero-order valence-electron chi connectivity index (χ0n) is 17.9. The number of carbonyl (C=O) groups is 1. The number of carboxylic acids is 1. The van der Waals surface area contributed by atoms with E-state index < -0.39 is 5.97 Å². The number of anilines is 1. The maximum atomic E-state index is 11.2. The average Bonchev–Trinajstić information content (AvgIpc) is 3.19. The van der Waals surface area contributed by atoms with Gasteiger partial charge in [-0.3, -0.25) is 4.98 Å². The molecule has 1 saturated carbocycles. The van der Waals surface area contributed by atoms with Crippen LogP contribution in [0.5, 0.6) is 5.75 Å². The van der Waals surface area contributed by atoms with Crippen molar-refractivity contribution in [3.63, 3.8) is 0 Å². The summed E-state index contributed by atoms with van der Waals surface area (Å²) in [6, 6.07) is 11.1. The lowest BCUT2D eigenvalue weighted by Crippen LogP contribution is -2.23. The van der Waals surface area contributed by atoms with Crippen LogP contribution in [0.15, 0.2) is 53.2 Å². The Morgan fingerprint density at radius 1 is 1.16 bits per heavy atom. The summed E-state index contributed by atoms with van der Waals surface area (Å²) < 4.78 is 11.5. The summed E-state index contributed by atoms with van der Waals surface area (Å²) in [4.78, 5) is 15.4. The van der Waals surface area contributed by atoms with Crippen molar-refractivity contribution in [1.82, 2.24) is 4.98 Å². The molecule has 0 bridgehead atoms. The molecule has 2 aromatic heterocycles. The highest BCUT2D eigenvalue weighted by Gasteiger charge is 2.28. The Bertz CT molecular complexity index is 1040. The number of aromatic carboxylic acids is 1. The van der Waals surface area contributed by atoms with Gasteiger partial charge in [0, 0.05) is 23.0 Å². The predicted molar refractivity (Wildman–Crippen MR) is 120 cm³/mol. The molecule has 0 saturated heterocycles. The molecule has 4 rings (SSSR count). The van der Waals surface area contributed by atoms with Gasteiger partial charge in [0.2, 0.25) is 0 Å². The van der Waals surface area contributed by atoms with Crippen LogP contribution in [0.3, 0.4) is 0 Å². The van der Waals surface area contributed by atoms with Gasteiger partial charge in [0.1, 0.15) is 17.3 Å². The zero-order chi connectivity index (χ0) is 21.8. The van der Waals surface area contributed by atoms with Crippen molar-refractivity contribution in [3.8, 4) is 17.1 Å². The van der Waals surface area contributed by atoms with Crippen LogP contribution in [0.25, 0.3) is 11.3 Å². The number of furan rings is 1. The summed E-state index contributed by atoms with van der Waals surface area (Å²) in [7, 11) is 1.62. The van der Waals surface area contributed by atoms with Crippen molar-refractivity contribution in [1.29, 1.82) is 0 Å². The third-order valence-corrected chi connectivity index (χ3v) is 6.10. The van der Waals surface area contributed by atoms with Gasteiger partial charge in [-0.15, -0.1) is 0 Å². The maximum Gasteiger partial charge on any atom is 0.335 e. The number of methoxy groups -OCH3 is 1. The van der Waals surface area contributed by atoms with Gasteiger partial charge in [-0.05, 0) is 62.1 Å². The SMILES string of the molecule is COc1cncc(-c2cc(C(Nc3ccc(C(=O)O)cc3)C3CCCCC3)c(C)o2)c1. The van der Waals surface area contributed by atoms with Gasteiger partial charge in [-0.2, -0.15) is 0 Å². The second kappa shape index (κ2) is 9.25. The highest BCUT2D eigenvalue weighted by Crippen LogP contribution is 2.40. The number of nitrogens with zero attached hydrogens (tertiary/aromatic N) is 1. The fourth-order valence-electron chi connectivity index (χ4n) is 4.42. The van der Waals surface area contributed by atoms with E-state index in [2.05, 4.69) is 16.4 Å². The van der Waals surface area contributed by atoms with E-state index in [1.807, 2.05) is 25.1 Å². The average molecular weight is 421 g/mol. The molecule has 0 amide bonds. The quantitative estimate of drug-likeness (QED) is 0.481. The van der Waals surface area contributed by atoms with E-state index in [1.54, 1.807) is 31.6 Å². The number of aromatic nitrogens is 1. The van der Waals surface area contributed by atoms with Crippen molar-refractivity contribution >= 4 is 11.7 Å². The molecule has 1 unspecified atom stereocenters. The number of benzene rings is 1. The molecule has 2 heterocycles. The van der Waals surface area contributed by atoms with Gasteiger partial charge in [-0.1, -0.05) is 19.3 Å². The van der Waals surface area contributed by atoms with E-state index in [4.69, 9.17) is 9.15 Å². The summed E-state index contributed by atoms with van der Waals surface area (Å²) in [5.41, 5.74) is 3.20. The lowest BCUT2D eigenvalue weighted by Gasteiger charge is -2.31. The van der Waals surface area contributed by atoms with Gasteiger partial charge >= 0.3 is 5.97 Å². The highest BCUT2D eigenvalue weighted by molar-refractivity contribution is 5.88. The summed E-state index contributed by atoms with van der Waals surface area (Å²) in [6.45, 7) is 2.00. The van der Waals surface area contributed by atoms with E-state index in [0.717, 1.165) is 41.2 Å². The van der Waals surface area contributed by atoms with Gasteiger partial charge < -0.3 is 19.6 Å². The molecule has 6 heteroatoms. The van der Waals surface area contributed by atoms with Crippen LogP contribution in [-0.4, -0.2) is 23.2 Å². The Kier molecular flexibility index (Phi) is 6.26. The molecule has 0 radical (unpaired) electrons. The van der Waals surface area contributed by atoms with Crippen molar-refractivity contribution < 1.29 is 19.1 Å². The standard InChI is InChI=1S/C25H28N2O4/c1-16-22(13-23(31-16)19-12-21(30-2)15-26-14-19)24(17-6-4-3-5-7-17)27-20-10-8-18(9-11-20)25(28)29/h8-15,17,24,27H,3-7H2,1-2H3,(H,28,29). The van der Waals surface area contributed by atoms with Gasteiger partial charge in [0.15, 0.2) is 0 Å². The van der Waals surface area contributed by atoms with Gasteiger partial charge in [0.25, 0.3) is 0 Å². The van der Waals surface area contributed by atoms with Crippen molar-refractivity contribution in [2.45, 2.75) is 45.1 Å². The molecule has 1 aromatic carbocycles. The molecular formula is C25H28N2O4. The number of hydrogen-bond acceptors (Lipinski definition) is 5. The Morgan fingerprint density at radius 3 is 2.58 bits per heavy atom. The fourth-order valence-corrected chi connectivity index (χ4v) is 4.42. The Hall–Kier alpha value is -3.28. The minimum Gasteiger partial charge on any atom is -0.495 e. The number of carboxylic acid groups (broad SMARTS) is 1. The third kappa shape index (κ3) is 4.74. The molecule has 1 aliphatic carbocycles. The number of ether oxygens (including phenoxy) is 1. The van der Waals surface area contributed by atoms with E-state index in [9.17, 15) is 9.90 Å². The molecule has 6 nitrogen and oxygen atoms in total. The fraction of sp³-hybridized carbons (Fsp3) is 0.360. The molecule has 3 aromatic rings. The first-order valence-electron chi connectivity index (χ1n) is 10.7. The number of nitrogens with one attached hydrogen (secondary N) is 1. The first kappa shape index (κ1) is 21.0. The normalized spacial score (nSPS) is 15.4. The smallest absolute Gasteiger partial charge is 0.335 e. The number of rotatable bonds is 7.